The molecule has 0 spiro atoms. The molecule has 0 saturated heterocycles. The van der Waals surface area contributed by atoms with Crippen molar-refractivity contribution in [2.24, 2.45) is 0 Å². The van der Waals surface area contributed by atoms with Crippen LogP contribution in [0.4, 0.5) is 0 Å². The number of carbonyl (C=O) groups excluding carboxylic acids is 1. The molecule has 1 aromatic carbocycles. The third-order valence-corrected chi connectivity index (χ3v) is 4.66. The maximum atomic E-state index is 12.1. The van der Waals surface area contributed by atoms with Crippen LogP contribution < -0.4 is 4.74 Å². The molecule has 5 nitrogen and oxygen atoms in total. The molecule has 1 aromatic rings. The molecule has 0 heterocycles. The van der Waals surface area contributed by atoms with Crippen LogP contribution in [0, 0.1) is 0 Å². The van der Waals surface area contributed by atoms with Crippen LogP contribution in [0.25, 0.3) is 0 Å². The number of hydrogen-bond acceptors (Lipinski definition) is 4. The van der Waals surface area contributed by atoms with Crippen LogP contribution in [0.2, 0.25) is 0 Å². The van der Waals surface area contributed by atoms with Gasteiger partial charge in [-0.3, -0.25) is 4.55 Å². The van der Waals surface area contributed by atoms with Gasteiger partial charge in [0.2, 0.25) is 0 Å². The Hall–Kier alpha value is -0.110. The van der Waals surface area contributed by atoms with Gasteiger partial charge in [-0.25, -0.2) is 4.79 Å². The first-order chi connectivity index (χ1) is 9.73. The van der Waals surface area contributed by atoms with Crippen molar-refractivity contribution < 1.29 is 22.5 Å². The average Bonchev–Trinajstić information content (AvgIpc) is 2.44. The second-order valence-electron chi connectivity index (χ2n) is 4.76. The van der Waals surface area contributed by atoms with E-state index in [9.17, 15) is 13.2 Å². The van der Waals surface area contributed by atoms with E-state index in [0.29, 0.717) is 12.8 Å². The summed E-state index contributed by atoms with van der Waals surface area (Å²) < 4.78 is 35.9. The summed E-state index contributed by atoms with van der Waals surface area (Å²) in [4.78, 5) is 10.8. The number of carbonyl (C=O) groups is 1. The number of rotatable bonds is 7. The average molecular weight is 359 g/mol. The Morgan fingerprint density at radius 2 is 1.82 bits per heavy atom. The van der Waals surface area contributed by atoms with E-state index in [0.717, 1.165) is 25.0 Å². The molecular weight excluding hydrogens is 339 g/mol. The van der Waals surface area contributed by atoms with Crippen molar-refractivity contribution in [2.45, 2.75) is 49.3 Å². The molecule has 1 rings (SSSR count). The summed E-state index contributed by atoms with van der Waals surface area (Å²) in [6.07, 6.45) is 2.69. The minimum atomic E-state index is -4.26. The molecule has 1 N–H and O–H groups in total. The first-order valence-electron chi connectivity index (χ1n) is 6.71. The van der Waals surface area contributed by atoms with E-state index in [2.05, 4.69) is 0 Å². The van der Waals surface area contributed by atoms with Crippen LogP contribution >= 0.6 is 11.6 Å². The number of alkyl halides is 1. The number of unbranched alkanes of at least 4 members (excludes halogenated alkanes) is 1. The van der Waals surface area contributed by atoms with E-state index in [1.807, 2.05) is 13.8 Å². The summed E-state index contributed by atoms with van der Waals surface area (Å²) in [5, 5.41) is 0. The number of halogens is 1. The summed E-state index contributed by atoms with van der Waals surface area (Å²) >= 11 is 6.30. The van der Waals surface area contributed by atoms with Crippen molar-refractivity contribution in [3.05, 3.63) is 24.3 Å². The molecule has 1 unspecified atom stereocenters. The fourth-order valence-electron chi connectivity index (χ4n) is 1.76. The van der Waals surface area contributed by atoms with Gasteiger partial charge in [0.25, 0.3) is 10.1 Å². The Morgan fingerprint density at radius 3 is 2.23 bits per heavy atom. The third-order valence-electron chi connectivity index (χ3n) is 3.18. The van der Waals surface area contributed by atoms with Crippen molar-refractivity contribution in [2.75, 3.05) is 0 Å². The normalized spacial score (nSPS) is 13.8. The molecule has 1 atom stereocenters. The van der Waals surface area contributed by atoms with Crippen molar-refractivity contribution >= 4 is 57.2 Å². The molecular formula is C14H20ClNaO5S. The molecule has 0 bridgehead atoms. The molecule has 0 aliphatic heterocycles. The van der Waals surface area contributed by atoms with Crippen LogP contribution in [-0.4, -0.2) is 53.4 Å². The summed E-state index contributed by atoms with van der Waals surface area (Å²) in [5.74, 6) is -0.373. The number of esters is 1. The van der Waals surface area contributed by atoms with Gasteiger partial charge in [-0.15, -0.1) is 11.6 Å². The van der Waals surface area contributed by atoms with Crippen LogP contribution in [0.15, 0.2) is 29.2 Å². The fourth-order valence-corrected chi connectivity index (χ4v) is 2.41. The van der Waals surface area contributed by atoms with Crippen LogP contribution in [-0.2, 0) is 14.9 Å². The Bertz CT molecular complexity index is 588. The van der Waals surface area contributed by atoms with Gasteiger partial charge in [-0.05, 0) is 37.1 Å². The number of ether oxygens (including phenoxy) is 1. The monoisotopic (exact) mass is 358 g/mol. The van der Waals surface area contributed by atoms with Gasteiger partial charge in [-0.2, -0.15) is 8.42 Å². The standard InChI is InChI=1S/C14H19ClO5S.Na.H/c1-3-5-10-14(15,4-2)13(16)20-11-6-8-12(9-7-11)21(17,18)19;;/h6-9H,3-5,10H2,1-2H3,(H,17,18,19);;. The van der Waals surface area contributed by atoms with E-state index >= 15 is 0 Å². The van der Waals surface area contributed by atoms with E-state index in [4.69, 9.17) is 20.9 Å². The number of hydrogen-bond donors (Lipinski definition) is 1. The summed E-state index contributed by atoms with van der Waals surface area (Å²) in [6.45, 7) is 3.82. The Morgan fingerprint density at radius 1 is 1.27 bits per heavy atom. The van der Waals surface area contributed by atoms with E-state index < -0.39 is 21.0 Å². The van der Waals surface area contributed by atoms with E-state index in [1.54, 1.807) is 0 Å². The molecule has 120 valence electrons. The van der Waals surface area contributed by atoms with Gasteiger partial charge >= 0.3 is 35.5 Å². The summed E-state index contributed by atoms with van der Waals surface area (Å²) in [5.41, 5.74) is 0. The summed E-state index contributed by atoms with van der Waals surface area (Å²) in [6, 6.07) is 4.92. The van der Waals surface area contributed by atoms with Gasteiger partial charge in [0.05, 0.1) is 4.90 Å². The second-order valence-corrected chi connectivity index (χ2v) is 6.90. The number of benzene rings is 1. The zero-order chi connectivity index (χ0) is 16.1. The molecule has 0 saturated carbocycles. The minimum absolute atomic E-state index is 0. The fraction of sp³-hybridized carbons (Fsp3) is 0.500. The zero-order valence-electron chi connectivity index (χ0n) is 12.0. The quantitative estimate of drug-likeness (QED) is 0.266. The van der Waals surface area contributed by atoms with Gasteiger partial charge < -0.3 is 4.74 Å². The second kappa shape index (κ2) is 9.25. The van der Waals surface area contributed by atoms with Crippen molar-refractivity contribution in [3.63, 3.8) is 0 Å². The maximum absolute atomic E-state index is 12.1. The SMILES string of the molecule is CCCCC(Cl)(CC)C(=O)Oc1ccc(S(=O)(=O)O)cc1.[NaH]. The Labute approximate surface area is 158 Å². The van der Waals surface area contributed by atoms with Gasteiger partial charge in [-0.1, -0.05) is 26.7 Å². The van der Waals surface area contributed by atoms with Crippen LogP contribution in [0.3, 0.4) is 0 Å². The summed E-state index contributed by atoms with van der Waals surface area (Å²) in [7, 11) is -4.26. The van der Waals surface area contributed by atoms with Crippen molar-refractivity contribution in [1.82, 2.24) is 0 Å². The molecule has 0 aliphatic rings. The van der Waals surface area contributed by atoms with E-state index in [1.165, 1.54) is 12.1 Å². The predicted octanol–water partition coefficient (Wildman–Crippen LogP) is 2.77. The molecule has 0 radical (unpaired) electrons. The van der Waals surface area contributed by atoms with Crippen LogP contribution in [0.1, 0.15) is 39.5 Å². The van der Waals surface area contributed by atoms with Crippen molar-refractivity contribution in [1.29, 1.82) is 0 Å². The predicted molar refractivity (Wildman–Crippen MR) is 87.4 cm³/mol. The molecule has 0 aliphatic carbocycles. The first-order valence-corrected chi connectivity index (χ1v) is 8.53. The Balaban J connectivity index is 0.00000441. The molecule has 8 heteroatoms. The first kappa shape index (κ1) is 21.9. The molecule has 22 heavy (non-hydrogen) atoms. The topological polar surface area (TPSA) is 80.7 Å². The Kier molecular flexibility index (Phi) is 9.20. The molecule has 0 amide bonds. The van der Waals surface area contributed by atoms with Gasteiger partial charge in [0, 0.05) is 0 Å². The molecule has 0 aromatic heterocycles. The van der Waals surface area contributed by atoms with Crippen molar-refractivity contribution in [3.8, 4) is 5.75 Å². The molecule has 0 fully saturated rings. The third kappa shape index (κ3) is 6.18. The zero-order valence-corrected chi connectivity index (χ0v) is 13.6. The van der Waals surface area contributed by atoms with Crippen LogP contribution in [0.5, 0.6) is 5.75 Å². The van der Waals surface area contributed by atoms with Gasteiger partial charge in [0.1, 0.15) is 10.6 Å². The van der Waals surface area contributed by atoms with Gasteiger partial charge in [0.15, 0.2) is 0 Å². The van der Waals surface area contributed by atoms with E-state index in [-0.39, 0.29) is 40.2 Å².